The van der Waals surface area contributed by atoms with Crippen molar-refractivity contribution in [3.05, 3.63) is 29.5 Å². The maximum Gasteiger partial charge on any atom is 0.229 e. The van der Waals surface area contributed by atoms with Crippen LogP contribution in [0.25, 0.3) is 0 Å². The Morgan fingerprint density at radius 2 is 1.92 bits per heavy atom. The van der Waals surface area contributed by atoms with E-state index in [1.807, 2.05) is 19.0 Å². The van der Waals surface area contributed by atoms with E-state index in [2.05, 4.69) is 38.9 Å². The molecule has 7 heteroatoms. The third-order valence-electron chi connectivity index (χ3n) is 5.01. The monoisotopic (exact) mass is 342 g/mol. The van der Waals surface area contributed by atoms with Crippen LogP contribution in [0, 0.1) is 5.92 Å². The number of nitrogens with zero attached hydrogens (tertiary/aromatic N) is 5. The number of hydrogen-bond acceptors (Lipinski definition) is 7. The summed E-state index contributed by atoms with van der Waals surface area (Å²) in [6.45, 7) is 3.72. The highest BCUT2D eigenvalue weighted by Gasteiger charge is 2.37. The molecule has 2 aromatic heterocycles. The Balaban J connectivity index is 1.47. The lowest BCUT2D eigenvalue weighted by molar-refractivity contribution is 0.217. The first kappa shape index (κ1) is 16.3. The standard InChI is InChI=1S/C18H26N6O/c1-11-8-14(11)15-7-6-13(25-15)9-24(12-4-5-12)10-16-20-17(19)22-18(21-16)23(2)3/h6-7,11-12,14H,4-5,8-10H2,1-3H3,(H2,19,20,21,22)/t11-,14+/m1/s1. The summed E-state index contributed by atoms with van der Waals surface area (Å²) < 4.78 is 6.08. The van der Waals surface area contributed by atoms with Gasteiger partial charge in [0.25, 0.3) is 0 Å². The summed E-state index contributed by atoms with van der Waals surface area (Å²) in [6, 6.07) is 4.83. The van der Waals surface area contributed by atoms with Gasteiger partial charge >= 0.3 is 0 Å². The molecule has 2 aliphatic rings. The lowest BCUT2D eigenvalue weighted by atomic mass is 10.3. The largest absolute Gasteiger partial charge is 0.464 e. The first-order valence-corrected chi connectivity index (χ1v) is 9.00. The van der Waals surface area contributed by atoms with Crippen LogP contribution in [0.5, 0.6) is 0 Å². The third-order valence-corrected chi connectivity index (χ3v) is 5.01. The van der Waals surface area contributed by atoms with E-state index in [0.717, 1.165) is 24.0 Å². The van der Waals surface area contributed by atoms with E-state index in [4.69, 9.17) is 10.2 Å². The summed E-state index contributed by atoms with van der Waals surface area (Å²) in [6.07, 6.45) is 3.68. The highest BCUT2D eigenvalue weighted by atomic mass is 16.3. The van der Waals surface area contributed by atoms with Crippen LogP contribution in [0.1, 0.15) is 49.4 Å². The molecule has 2 saturated carbocycles. The second-order valence-electron chi connectivity index (χ2n) is 7.56. The van der Waals surface area contributed by atoms with Crippen LogP contribution in [0.4, 0.5) is 11.9 Å². The molecular weight excluding hydrogens is 316 g/mol. The zero-order chi connectivity index (χ0) is 17.6. The molecule has 0 saturated heterocycles. The Bertz CT molecular complexity index is 754. The third kappa shape index (κ3) is 3.76. The molecule has 0 radical (unpaired) electrons. The Labute approximate surface area is 148 Å². The molecule has 0 amide bonds. The van der Waals surface area contributed by atoms with Crippen LogP contribution in [0.15, 0.2) is 16.5 Å². The van der Waals surface area contributed by atoms with E-state index >= 15 is 0 Å². The minimum absolute atomic E-state index is 0.271. The summed E-state index contributed by atoms with van der Waals surface area (Å²) >= 11 is 0. The molecule has 0 aliphatic heterocycles. The van der Waals surface area contributed by atoms with Gasteiger partial charge in [0.1, 0.15) is 17.3 Å². The Morgan fingerprint density at radius 1 is 1.16 bits per heavy atom. The second kappa shape index (κ2) is 6.29. The van der Waals surface area contributed by atoms with Crippen molar-refractivity contribution in [1.29, 1.82) is 0 Å². The molecular formula is C18H26N6O. The molecule has 0 bridgehead atoms. The number of rotatable bonds is 7. The van der Waals surface area contributed by atoms with Gasteiger partial charge in [0, 0.05) is 26.1 Å². The minimum Gasteiger partial charge on any atom is -0.464 e. The fraction of sp³-hybridized carbons (Fsp3) is 0.611. The molecule has 2 fully saturated rings. The number of anilines is 2. The fourth-order valence-electron chi connectivity index (χ4n) is 3.23. The van der Waals surface area contributed by atoms with E-state index in [9.17, 15) is 0 Å². The molecule has 2 aromatic rings. The van der Waals surface area contributed by atoms with Gasteiger partial charge in [-0.05, 0) is 37.3 Å². The quantitative estimate of drug-likeness (QED) is 0.827. The number of aromatic nitrogens is 3. The van der Waals surface area contributed by atoms with Crippen molar-refractivity contribution in [2.24, 2.45) is 5.92 Å². The molecule has 2 aliphatic carbocycles. The highest BCUT2D eigenvalue weighted by molar-refractivity contribution is 5.32. The zero-order valence-electron chi connectivity index (χ0n) is 15.1. The van der Waals surface area contributed by atoms with Crippen molar-refractivity contribution in [1.82, 2.24) is 19.9 Å². The molecule has 2 atom stereocenters. The average molecular weight is 342 g/mol. The van der Waals surface area contributed by atoms with Gasteiger partial charge in [0.15, 0.2) is 0 Å². The number of nitrogens with two attached hydrogens (primary N) is 1. The van der Waals surface area contributed by atoms with Crippen LogP contribution < -0.4 is 10.6 Å². The maximum absolute atomic E-state index is 6.08. The summed E-state index contributed by atoms with van der Waals surface area (Å²) in [7, 11) is 3.81. The van der Waals surface area contributed by atoms with Crippen molar-refractivity contribution in [2.45, 2.75) is 51.2 Å². The molecule has 2 heterocycles. The van der Waals surface area contributed by atoms with Crippen molar-refractivity contribution in [3.8, 4) is 0 Å². The highest BCUT2D eigenvalue weighted by Crippen LogP contribution is 2.47. The van der Waals surface area contributed by atoms with Crippen molar-refractivity contribution >= 4 is 11.9 Å². The zero-order valence-corrected chi connectivity index (χ0v) is 15.1. The van der Waals surface area contributed by atoms with E-state index in [0.29, 0.717) is 30.3 Å². The molecule has 7 nitrogen and oxygen atoms in total. The van der Waals surface area contributed by atoms with E-state index in [1.54, 1.807) is 0 Å². The molecule has 134 valence electrons. The number of furan rings is 1. The van der Waals surface area contributed by atoms with E-state index in [-0.39, 0.29) is 5.95 Å². The SMILES string of the molecule is C[C@@H]1C[C@@H]1c1ccc(CN(Cc2nc(N)nc(N(C)C)n2)C2CC2)o1. The maximum atomic E-state index is 6.08. The van der Waals surface area contributed by atoms with Gasteiger partial charge in [-0.15, -0.1) is 0 Å². The van der Waals surface area contributed by atoms with Gasteiger partial charge in [0.2, 0.25) is 11.9 Å². The number of hydrogen-bond donors (Lipinski definition) is 1. The average Bonchev–Trinajstić information content (AvgIpc) is 3.47. The topological polar surface area (TPSA) is 84.3 Å². The van der Waals surface area contributed by atoms with Gasteiger partial charge in [0.05, 0.1) is 13.1 Å². The first-order valence-electron chi connectivity index (χ1n) is 9.00. The fourth-order valence-corrected chi connectivity index (χ4v) is 3.23. The number of nitrogen functional groups attached to an aromatic ring is 1. The Morgan fingerprint density at radius 3 is 2.56 bits per heavy atom. The normalized spacial score (nSPS) is 22.4. The van der Waals surface area contributed by atoms with Crippen LogP contribution >= 0.6 is 0 Å². The van der Waals surface area contributed by atoms with Crippen LogP contribution in [0.3, 0.4) is 0 Å². The Kier molecular flexibility index (Phi) is 4.11. The predicted octanol–water partition coefficient (Wildman–Crippen LogP) is 2.40. The van der Waals surface area contributed by atoms with Gasteiger partial charge in [-0.25, -0.2) is 0 Å². The molecule has 25 heavy (non-hydrogen) atoms. The van der Waals surface area contributed by atoms with Gasteiger partial charge in [-0.2, -0.15) is 15.0 Å². The lowest BCUT2D eigenvalue weighted by Gasteiger charge is -2.20. The summed E-state index contributed by atoms with van der Waals surface area (Å²) in [5.41, 5.74) is 5.85. The van der Waals surface area contributed by atoms with Crippen molar-refractivity contribution < 1.29 is 4.42 Å². The summed E-state index contributed by atoms with van der Waals surface area (Å²) in [4.78, 5) is 17.2. The molecule has 0 spiro atoms. The van der Waals surface area contributed by atoms with Crippen molar-refractivity contribution in [3.63, 3.8) is 0 Å². The van der Waals surface area contributed by atoms with Gasteiger partial charge in [-0.3, -0.25) is 4.90 Å². The summed E-state index contributed by atoms with van der Waals surface area (Å²) in [5.74, 6) is 5.12. The molecule has 0 aromatic carbocycles. The molecule has 2 N–H and O–H groups in total. The predicted molar refractivity (Wildman–Crippen MR) is 96.1 cm³/mol. The smallest absolute Gasteiger partial charge is 0.229 e. The van der Waals surface area contributed by atoms with Crippen molar-refractivity contribution in [2.75, 3.05) is 24.7 Å². The first-order chi connectivity index (χ1) is 12.0. The Hall–Kier alpha value is -2.15. The van der Waals surface area contributed by atoms with Gasteiger partial charge < -0.3 is 15.1 Å². The van der Waals surface area contributed by atoms with Crippen LogP contribution in [-0.4, -0.2) is 40.0 Å². The minimum atomic E-state index is 0.271. The van der Waals surface area contributed by atoms with E-state index in [1.165, 1.54) is 19.3 Å². The molecule has 0 unspecified atom stereocenters. The van der Waals surface area contributed by atoms with E-state index < -0.39 is 0 Å². The second-order valence-corrected chi connectivity index (χ2v) is 7.56. The van der Waals surface area contributed by atoms with Gasteiger partial charge in [-0.1, -0.05) is 6.92 Å². The van der Waals surface area contributed by atoms with Crippen LogP contribution in [-0.2, 0) is 13.1 Å². The molecule has 4 rings (SSSR count). The van der Waals surface area contributed by atoms with Crippen LogP contribution in [0.2, 0.25) is 0 Å². The summed E-state index contributed by atoms with van der Waals surface area (Å²) in [5, 5.41) is 0. The lowest BCUT2D eigenvalue weighted by Crippen LogP contribution is -2.27.